The third-order valence-electron chi connectivity index (χ3n) is 6.82. The Hall–Kier alpha value is -3.03. The molecule has 9 heteroatoms. The largest absolute Gasteiger partial charge is 0.349 e. The fraction of sp³-hybridized carbons (Fsp3) is 0.154. The number of hydrogen-bond donors (Lipinski definition) is 0. The Kier molecular flexibility index (Phi) is 4.96. The summed E-state index contributed by atoms with van der Waals surface area (Å²) >= 11 is 18.3. The lowest BCUT2D eigenvalue weighted by Crippen LogP contribution is -2.51. The van der Waals surface area contributed by atoms with Crippen molar-refractivity contribution in [2.24, 2.45) is 11.8 Å². The fourth-order valence-electron chi connectivity index (χ4n) is 5.39. The van der Waals surface area contributed by atoms with Crippen LogP contribution in [0.15, 0.2) is 66.7 Å². The van der Waals surface area contributed by atoms with Crippen LogP contribution in [0.3, 0.4) is 0 Å². The molecule has 0 unspecified atom stereocenters. The van der Waals surface area contributed by atoms with E-state index in [0.29, 0.717) is 10.6 Å². The standard InChI is InChI=1S/C26H14Cl3NO5/c27-13-7-5-12(6-8-13)21-19-20(25(34)30(24(19)33)16-10-14(28)9-15(29)11-16)26(35-21)22(31)17-3-1-2-4-18(17)23(26)32/h1-11,19-21H/t19-,20+,21+/m0/s1. The van der Waals surface area contributed by atoms with Gasteiger partial charge < -0.3 is 4.74 Å². The SMILES string of the molecule is O=C1[C@@H]2[C@@H](c3ccc(Cl)cc3)OC3(C(=O)c4ccccc4C3=O)[C@H]2C(=O)N1c1cc(Cl)cc(Cl)c1. The number of hydrogen-bond acceptors (Lipinski definition) is 5. The number of ether oxygens (including phenoxy) is 1. The Bertz CT molecular complexity index is 1410. The van der Waals surface area contributed by atoms with Crippen LogP contribution in [0, 0.1) is 11.8 Å². The molecule has 2 saturated heterocycles. The van der Waals surface area contributed by atoms with Crippen LogP contribution >= 0.6 is 34.8 Å². The number of anilines is 1. The van der Waals surface area contributed by atoms with Gasteiger partial charge in [-0.15, -0.1) is 0 Å². The molecule has 2 heterocycles. The predicted octanol–water partition coefficient (Wildman–Crippen LogP) is 5.34. The summed E-state index contributed by atoms with van der Waals surface area (Å²) in [5.41, 5.74) is -1.14. The molecule has 0 bridgehead atoms. The number of amides is 2. The second-order valence-electron chi connectivity index (χ2n) is 8.67. The highest BCUT2D eigenvalue weighted by atomic mass is 35.5. The first kappa shape index (κ1) is 22.4. The Labute approximate surface area is 214 Å². The van der Waals surface area contributed by atoms with Gasteiger partial charge in [0.2, 0.25) is 29.0 Å². The summed E-state index contributed by atoms with van der Waals surface area (Å²) in [4.78, 5) is 56.0. The predicted molar refractivity (Wildman–Crippen MR) is 129 cm³/mol. The highest BCUT2D eigenvalue weighted by molar-refractivity contribution is 6.38. The normalized spacial score (nSPS) is 24.4. The van der Waals surface area contributed by atoms with Crippen LogP contribution in [0.4, 0.5) is 5.69 Å². The van der Waals surface area contributed by atoms with Crippen LogP contribution in [-0.2, 0) is 14.3 Å². The number of imide groups is 1. The van der Waals surface area contributed by atoms with Gasteiger partial charge in [-0.25, -0.2) is 4.90 Å². The van der Waals surface area contributed by atoms with E-state index in [1.807, 2.05) is 0 Å². The molecular weight excluding hydrogens is 513 g/mol. The maximum atomic E-state index is 13.9. The Morgan fingerprint density at radius 2 is 1.29 bits per heavy atom. The second-order valence-corrected chi connectivity index (χ2v) is 9.98. The first-order chi connectivity index (χ1) is 16.7. The zero-order valence-electron chi connectivity index (χ0n) is 17.7. The molecule has 3 aliphatic rings. The number of carbonyl (C=O) groups is 4. The average molecular weight is 527 g/mol. The molecular formula is C26H14Cl3NO5. The van der Waals surface area contributed by atoms with Crippen LogP contribution in [0.25, 0.3) is 0 Å². The van der Waals surface area contributed by atoms with Gasteiger partial charge in [0.25, 0.3) is 0 Å². The van der Waals surface area contributed by atoms with E-state index in [4.69, 9.17) is 39.5 Å². The van der Waals surface area contributed by atoms with Gasteiger partial charge in [-0.3, -0.25) is 19.2 Å². The van der Waals surface area contributed by atoms with Crippen molar-refractivity contribution < 1.29 is 23.9 Å². The van der Waals surface area contributed by atoms with E-state index in [-0.39, 0.29) is 26.9 Å². The van der Waals surface area contributed by atoms with Gasteiger partial charge in [-0.05, 0) is 35.9 Å². The van der Waals surface area contributed by atoms with Crippen LogP contribution in [0.2, 0.25) is 15.1 Å². The summed E-state index contributed by atoms with van der Waals surface area (Å²) in [6.07, 6.45) is -1.03. The molecule has 0 aromatic heterocycles. The van der Waals surface area contributed by atoms with E-state index < -0.39 is 46.9 Å². The lowest BCUT2D eigenvalue weighted by Gasteiger charge is -2.27. The number of ketones is 2. The zero-order valence-corrected chi connectivity index (χ0v) is 20.0. The van der Waals surface area contributed by atoms with Gasteiger partial charge in [0, 0.05) is 26.2 Å². The van der Waals surface area contributed by atoms with Gasteiger partial charge in [0.1, 0.15) is 0 Å². The number of benzene rings is 3. The molecule has 6 nitrogen and oxygen atoms in total. The second kappa shape index (κ2) is 7.73. The van der Waals surface area contributed by atoms with Gasteiger partial charge in [-0.1, -0.05) is 71.2 Å². The van der Waals surface area contributed by atoms with E-state index in [1.165, 1.54) is 30.3 Å². The van der Waals surface area contributed by atoms with Gasteiger partial charge in [0.05, 0.1) is 23.6 Å². The summed E-state index contributed by atoms with van der Waals surface area (Å²) in [5, 5.41) is 0.916. The molecule has 2 fully saturated rings. The van der Waals surface area contributed by atoms with Gasteiger partial charge in [0.15, 0.2) is 0 Å². The van der Waals surface area contributed by atoms with E-state index in [2.05, 4.69) is 0 Å². The molecule has 0 N–H and O–H groups in total. The van der Waals surface area contributed by atoms with Gasteiger partial charge >= 0.3 is 0 Å². The summed E-state index contributed by atoms with van der Waals surface area (Å²) < 4.78 is 6.22. The van der Waals surface area contributed by atoms with Crippen molar-refractivity contribution in [3.05, 3.63) is 98.5 Å². The molecule has 3 aromatic carbocycles. The first-order valence-corrected chi connectivity index (χ1v) is 11.8. The fourth-order valence-corrected chi connectivity index (χ4v) is 6.03. The minimum absolute atomic E-state index is 0.160. The Morgan fingerprint density at radius 3 is 1.86 bits per heavy atom. The Morgan fingerprint density at radius 1 is 0.714 bits per heavy atom. The van der Waals surface area contributed by atoms with Crippen molar-refractivity contribution in [2.75, 3.05) is 4.90 Å². The average Bonchev–Trinajstić information content (AvgIpc) is 3.39. The molecule has 3 aromatic rings. The third-order valence-corrected chi connectivity index (χ3v) is 7.51. The highest BCUT2D eigenvalue weighted by Crippen LogP contribution is 2.57. The van der Waals surface area contributed by atoms with Crippen LogP contribution < -0.4 is 4.90 Å². The van der Waals surface area contributed by atoms with E-state index >= 15 is 0 Å². The van der Waals surface area contributed by atoms with Crippen molar-refractivity contribution in [1.82, 2.24) is 0 Å². The van der Waals surface area contributed by atoms with Crippen LogP contribution in [0.5, 0.6) is 0 Å². The highest BCUT2D eigenvalue weighted by Gasteiger charge is 2.74. The zero-order chi connectivity index (χ0) is 24.6. The van der Waals surface area contributed by atoms with E-state index in [1.54, 1.807) is 36.4 Å². The molecule has 2 aliphatic heterocycles. The van der Waals surface area contributed by atoms with Crippen LogP contribution in [0.1, 0.15) is 32.4 Å². The molecule has 3 atom stereocenters. The smallest absolute Gasteiger partial charge is 0.241 e. The minimum atomic E-state index is -2.15. The lowest BCUT2D eigenvalue weighted by molar-refractivity contribution is -0.127. The number of Topliss-reactive ketones (excluding diaryl/α,β-unsaturated/α-hetero) is 2. The molecule has 2 amide bonds. The summed E-state index contributed by atoms with van der Waals surface area (Å²) in [7, 11) is 0. The first-order valence-electron chi connectivity index (χ1n) is 10.7. The number of fused-ring (bicyclic) bond motifs is 3. The summed E-state index contributed by atoms with van der Waals surface area (Å²) in [5.74, 6) is -5.06. The third kappa shape index (κ3) is 3.01. The summed E-state index contributed by atoms with van der Waals surface area (Å²) in [6, 6.07) is 17.2. The maximum Gasteiger partial charge on any atom is 0.241 e. The van der Waals surface area contributed by atoms with Crippen LogP contribution in [-0.4, -0.2) is 29.0 Å². The quantitative estimate of drug-likeness (QED) is 0.333. The van der Waals surface area contributed by atoms with E-state index in [9.17, 15) is 19.2 Å². The molecule has 1 aliphatic carbocycles. The number of nitrogens with zero attached hydrogens (tertiary/aromatic N) is 1. The molecule has 1 spiro atoms. The van der Waals surface area contributed by atoms with Crippen molar-refractivity contribution >= 4 is 63.9 Å². The molecule has 0 radical (unpaired) electrons. The van der Waals surface area contributed by atoms with Crippen molar-refractivity contribution in [3.8, 4) is 0 Å². The van der Waals surface area contributed by atoms with E-state index in [0.717, 1.165) is 4.90 Å². The molecule has 35 heavy (non-hydrogen) atoms. The van der Waals surface area contributed by atoms with Crippen molar-refractivity contribution in [1.29, 1.82) is 0 Å². The molecule has 174 valence electrons. The topological polar surface area (TPSA) is 80.8 Å². The molecule has 0 saturated carbocycles. The molecule has 6 rings (SSSR count). The maximum absolute atomic E-state index is 13.9. The summed E-state index contributed by atoms with van der Waals surface area (Å²) in [6.45, 7) is 0. The lowest BCUT2D eigenvalue weighted by atomic mass is 9.77. The monoisotopic (exact) mass is 525 g/mol. The minimum Gasteiger partial charge on any atom is -0.349 e. The number of rotatable bonds is 2. The van der Waals surface area contributed by atoms with Gasteiger partial charge in [-0.2, -0.15) is 0 Å². The van der Waals surface area contributed by atoms with Crippen molar-refractivity contribution in [2.45, 2.75) is 11.7 Å². The number of halogens is 3. The Balaban J connectivity index is 1.55. The number of carbonyl (C=O) groups excluding carboxylic acids is 4. The van der Waals surface area contributed by atoms with Crippen molar-refractivity contribution in [3.63, 3.8) is 0 Å².